The fourth-order valence-electron chi connectivity index (χ4n) is 1.98. The van der Waals surface area contributed by atoms with Crippen LogP contribution in [0.5, 0.6) is 0 Å². The molecule has 2 rings (SSSR count). The van der Waals surface area contributed by atoms with Crippen LogP contribution in [0, 0.1) is 0 Å². The summed E-state index contributed by atoms with van der Waals surface area (Å²) in [6.45, 7) is 0.263. The van der Waals surface area contributed by atoms with Crippen molar-refractivity contribution >= 4 is 0 Å². The van der Waals surface area contributed by atoms with Crippen molar-refractivity contribution in [2.24, 2.45) is 5.11 Å². The molecule has 0 bridgehead atoms. The molecule has 15 heavy (non-hydrogen) atoms. The lowest BCUT2D eigenvalue weighted by Crippen LogP contribution is -2.06. The molecule has 1 aromatic heterocycles. The third-order valence-corrected chi connectivity index (χ3v) is 2.76. The minimum atomic E-state index is 0.263. The second-order valence-electron chi connectivity index (χ2n) is 3.77. The van der Waals surface area contributed by atoms with Crippen molar-refractivity contribution in [2.45, 2.75) is 45.2 Å². The van der Waals surface area contributed by atoms with Gasteiger partial charge in [0.1, 0.15) is 6.67 Å². The van der Waals surface area contributed by atoms with E-state index < -0.39 is 0 Å². The number of nitrogens with zero attached hydrogens (tertiary/aromatic N) is 6. The molecule has 0 saturated carbocycles. The molecule has 0 saturated heterocycles. The van der Waals surface area contributed by atoms with Gasteiger partial charge in [-0.2, -0.15) is 0 Å². The quantitative estimate of drug-likeness (QED) is 0.422. The van der Waals surface area contributed by atoms with Crippen LogP contribution in [0.4, 0.5) is 0 Å². The first-order chi connectivity index (χ1) is 7.42. The van der Waals surface area contributed by atoms with Gasteiger partial charge in [0.05, 0.1) is 11.4 Å². The summed E-state index contributed by atoms with van der Waals surface area (Å²) >= 11 is 0. The maximum absolute atomic E-state index is 8.27. The molecular formula is C9H14N6. The third-order valence-electron chi connectivity index (χ3n) is 2.76. The van der Waals surface area contributed by atoms with E-state index in [1.54, 1.807) is 4.68 Å². The summed E-state index contributed by atoms with van der Waals surface area (Å²) in [6.07, 6.45) is 6.92. The van der Waals surface area contributed by atoms with Crippen LogP contribution in [0.2, 0.25) is 0 Å². The van der Waals surface area contributed by atoms with Crippen molar-refractivity contribution < 1.29 is 0 Å². The highest BCUT2D eigenvalue weighted by Crippen LogP contribution is 2.17. The van der Waals surface area contributed by atoms with Crippen molar-refractivity contribution in [3.63, 3.8) is 0 Å². The zero-order valence-electron chi connectivity index (χ0n) is 8.63. The standard InChI is InChI=1S/C9H14N6/c10-13-11-7-15-9-6-4-2-1-3-5-8(9)12-14-15/h1-7H2. The molecule has 0 aromatic carbocycles. The van der Waals surface area contributed by atoms with E-state index in [1.165, 1.54) is 25.7 Å². The molecule has 6 heteroatoms. The van der Waals surface area contributed by atoms with Gasteiger partial charge >= 0.3 is 0 Å². The average Bonchev–Trinajstić information content (AvgIpc) is 2.57. The van der Waals surface area contributed by atoms with Crippen LogP contribution in [0.25, 0.3) is 10.4 Å². The average molecular weight is 206 g/mol. The van der Waals surface area contributed by atoms with Crippen molar-refractivity contribution in [1.82, 2.24) is 15.0 Å². The summed E-state index contributed by atoms with van der Waals surface area (Å²) in [6, 6.07) is 0. The Labute approximate surface area is 87.9 Å². The third kappa shape index (κ3) is 2.27. The highest BCUT2D eigenvalue weighted by atomic mass is 15.5. The second-order valence-corrected chi connectivity index (χ2v) is 3.77. The van der Waals surface area contributed by atoms with Gasteiger partial charge in [0, 0.05) is 4.91 Å². The normalized spacial score (nSPS) is 16.0. The van der Waals surface area contributed by atoms with E-state index in [0.717, 1.165) is 24.2 Å². The van der Waals surface area contributed by atoms with Crippen LogP contribution in [0.3, 0.4) is 0 Å². The Morgan fingerprint density at radius 1 is 1.27 bits per heavy atom. The van der Waals surface area contributed by atoms with Crippen LogP contribution >= 0.6 is 0 Å². The highest BCUT2D eigenvalue weighted by molar-refractivity contribution is 5.11. The Bertz CT molecular complexity index is 376. The maximum atomic E-state index is 8.27. The summed E-state index contributed by atoms with van der Waals surface area (Å²) in [5.74, 6) is 0. The number of rotatable bonds is 2. The Balaban J connectivity index is 2.21. The molecule has 0 unspecified atom stereocenters. The molecule has 1 aliphatic rings. The molecule has 1 aliphatic carbocycles. The molecule has 80 valence electrons. The summed E-state index contributed by atoms with van der Waals surface area (Å²) in [5, 5.41) is 11.7. The minimum Gasteiger partial charge on any atom is -0.243 e. The number of fused-ring (bicyclic) bond motifs is 1. The number of aromatic nitrogens is 3. The molecule has 1 aromatic rings. The zero-order valence-corrected chi connectivity index (χ0v) is 8.63. The summed E-state index contributed by atoms with van der Waals surface area (Å²) < 4.78 is 1.72. The van der Waals surface area contributed by atoms with Crippen molar-refractivity contribution in [3.8, 4) is 0 Å². The van der Waals surface area contributed by atoms with Gasteiger partial charge in [0.15, 0.2) is 0 Å². The number of aryl methyl sites for hydroxylation is 1. The number of azide groups is 1. The lowest BCUT2D eigenvalue weighted by atomic mass is 10.0. The van der Waals surface area contributed by atoms with Crippen molar-refractivity contribution in [2.75, 3.05) is 0 Å². The Kier molecular flexibility index (Phi) is 3.19. The first-order valence-corrected chi connectivity index (χ1v) is 5.34. The lowest BCUT2D eigenvalue weighted by Gasteiger charge is -2.09. The number of hydrogen-bond acceptors (Lipinski definition) is 3. The molecule has 0 radical (unpaired) electrons. The first kappa shape index (κ1) is 9.98. The molecule has 0 spiro atoms. The molecule has 1 heterocycles. The zero-order chi connectivity index (χ0) is 10.5. The van der Waals surface area contributed by atoms with Gasteiger partial charge in [0.25, 0.3) is 0 Å². The van der Waals surface area contributed by atoms with Crippen molar-refractivity contribution in [3.05, 3.63) is 21.8 Å². The van der Waals surface area contributed by atoms with E-state index in [4.69, 9.17) is 5.53 Å². The van der Waals surface area contributed by atoms with E-state index in [-0.39, 0.29) is 6.67 Å². The molecule has 0 fully saturated rings. The Morgan fingerprint density at radius 2 is 2.07 bits per heavy atom. The first-order valence-electron chi connectivity index (χ1n) is 5.34. The maximum Gasteiger partial charge on any atom is 0.122 e. The molecule has 0 N–H and O–H groups in total. The molecule has 0 amide bonds. The topological polar surface area (TPSA) is 79.5 Å². The van der Waals surface area contributed by atoms with Crippen LogP contribution in [0.1, 0.15) is 37.1 Å². The molecule has 6 nitrogen and oxygen atoms in total. The smallest absolute Gasteiger partial charge is 0.122 e. The molecule has 0 atom stereocenters. The van der Waals surface area contributed by atoms with Gasteiger partial charge in [-0.3, -0.25) is 0 Å². The number of hydrogen-bond donors (Lipinski definition) is 0. The Hall–Kier alpha value is -1.55. The van der Waals surface area contributed by atoms with E-state index in [9.17, 15) is 0 Å². The van der Waals surface area contributed by atoms with Crippen LogP contribution in [-0.2, 0) is 19.5 Å². The van der Waals surface area contributed by atoms with Gasteiger partial charge in [-0.05, 0) is 31.2 Å². The predicted octanol–water partition coefficient (Wildman–Crippen LogP) is 2.20. The van der Waals surface area contributed by atoms with Gasteiger partial charge in [-0.25, -0.2) is 4.68 Å². The fourth-order valence-corrected chi connectivity index (χ4v) is 1.98. The highest BCUT2D eigenvalue weighted by Gasteiger charge is 2.13. The van der Waals surface area contributed by atoms with Gasteiger partial charge in [-0.1, -0.05) is 23.2 Å². The summed E-state index contributed by atoms with van der Waals surface area (Å²) in [5.41, 5.74) is 10.5. The van der Waals surface area contributed by atoms with E-state index in [2.05, 4.69) is 20.3 Å². The predicted molar refractivity (Wildman–Crippen MR) is 55.0 cm³/mol. The van der Waals surface area contributed by atoms with Crippen LogP contribution in [0.15, 0.2) is 5.11 Å². The monoisotopic (exact) mass is 206 g/mol. The van der Waals surface area contributed by atoms with E-state index in [1.807, 2.05) is 0 Å². The Morgan fingerprint density at radius 3 is 2.87 bits per heavy atom. The summed E-state index contributed by atoms with van der Waals surface area (Å²) in [4.78, 5) is 2.74. The SMILES string of the molecule is [N-]=[N+]=NCn1nnc2c1CCCCCC2. The largest absolute Gasteiger partial charge is 0.243 e. The molecule has 0 aliphatic heterocycles. The van der Waals surface area contributed by atoms with Gasteiger partial charge in [0.2, 0.25) is 0 Å². The summed E-state index contributed by atoms with van der Waals surface area (Å²) in [7, 11) is 0. The second kappa shape index (κ2) is 4.79. The van der Waals surface area contributed by atoms with Crippen molar-refractivity contribution in [1.29, 1.82) is 0 Å². The lowest BCUT2D eigenvalue weighted by molar-refractivity contribution is 0.553. The van der Waals surface area contributed by atoms with Gasteiger partial charge < -0.3 is 0 Å². The van der Waals surface area contributed by atoms with Crippen LogP contribution < -0.4 is 0 Å². The van der Waals surface area contributed by atoms with Gasteiger partial charge in [-0.15, -0.1) is 5.10 Å². The minimum absolute atomic E-state index is 0.263. The fraction of sp³-hybridized carbons (Fsp3) is 0.778. The van der Waals surface area contributed by atoms with Crippen LogP contribution in [-0.4, -0.2) is 15.0 Å². The van der Waals surface area contributed by atoms with E-state index in [0.29, 0.717) is 0 Å². The molecular weight excluding hydrogens is 192 g/mol. The van der Waals surface area contributed by atoms with E-state index >= 15 is 0 Å².